The Kier molecular flexibility index (Phi) is 6.18. The average Bonchev–Trinajstić information content (AvgIpc) is 3.37. The van der Waals surface area contributed by atoms with Crippen LogP contribution in [0.2, 0.25) is 0 Å². The molecule has 1 N–H and O–H groups in total. The summed E-state index contributed by atoms with van der Waals surface area (Å²) in [6, 6.07) is 10.2. The van der Waals surface area contributed by atoms with Gasteiger partial charge in [-0.3, -0.25) is 9.10 Å². The molecule has 0 bridgehead atoms. The minimum atomic E-state index is -3.34. The predicted octanol–water partition coefficient (Wildman–Crippen LogP) is 2.28. The predicted molar refractivity (Wildman–Crippen MR) is 109 cm³/mol. The zero-order valence-corrected chi connectivity index (χ0v) is 17.7. The summed E-state index contributed by atoms with van der Waals surface area (Å²) in [5.41, 5.74) is 0.495. The van der Waals surface area contributed by atoms with Crippen LogP contribution in [-0.4, -0.2) is 43.9 Å². The van der Waals surface area contributed by atoms with Crippen molar-refractivity contribution < 1.29 is 22.5 Å². The summed E-state index contributed by atoms with van der Waals surface area (Å²) in [4.78, 5) is 17.4. The maximum Gasteiger partial charge on any atom is 0.261 e. The summed E-state index contributed by atoms with van der Waals surface area (Å²) < 4.78 is 35.0. The third-order valence-corrected chi connectivity index (χ3v) is 6.07. The first kappa shape index (κ1) is 20.8. The molecular weight excluding hydrogens is 416 g/mol. The highest BCUT2D eigenvalue weighted by Gasteiger charge is 2.17. The Bertz CT molecular complexity index is 1060. The molecule has 0 radical (unpaired) electrons. The van der Waals surface area contributed by atoms with Gasteiger partial charge in [-0.05, 0) is 42.6 Å². The van der Waals surface area contributed by atoms with Gasteiger partial charge in [0.15, 0.2) is 6.10 Å². The van der Waals surface area contributed by atoms with Crippen LogP contribution in [0.3, 0.4) is 0 Å². The summed E-state index contributed by atoms with van der Waals surface area (Å²) in [6.45, 7) is 1.69. The van der Waals surface area contributed by atoms with E-state index in [2.05, 4.69) is 15.5 Å². The van der Waals surface area contributed by atoms with Crippen molar-refractivity contribution >= 4 is 33.0 Å². The summed E-state index contributed by atoms with van der Waals surface area (Å²) >= 11 is 1.50. The molecule has 0 fully saturated rings. The van der Waals surface area contributed by atoms with Crippen LogP contribution < -0.4 is 14.4 Å². The zero-order chi connectivity index (χ0) is 21.0. The Morgan fingerprint density at radius 2 is 2.03 bits per heavy atom. The normalized spacial score (nSPS) is 12.4. The molecule has 11 heteroatoms. The van der Waals surface area contributed by atoms with E-state index in [0.29, 0.717) is 23.2 Å². The maximum atomic E-state index is 12.3. The molecule has 3 aromatic rings. The van der Waals surface area contributed by atoms with Crippen molar-refractivity contribution in [1.82, 2.24) is 15.5 Å². The minimum absolute atomic E-state index is 0.0863. The van der Waals surface area contributed by atoms with E-state index in [-0.39, 0.29) is 12.5 Å². The molecule has 0 aliphatic rings. The average molecular weight is 437 g/mol. The first-order valence-corrected chi connectivity index (χ1v) is 11.3. The molecule has 1 aromatic carbocycles. The molecule has 9 nitrogen and oxygen atoms in total. The number of hydrogen-bond acceptors (Lipinski definition) is 8. The molecule has 3 rings (SSSR count). The number of sulfonamides is 1. The number of anilines is 1. The second-order valence-electron chi connectivity index (χ2n) is 6.19. The molecule has 0 spiro atoms. The van der Waals surface area contributed by atoms with E-state index >= 15 is 0 Å². The molecule has 0 saturated heterocycles. The van der Waals surface area contributed by atoms with E-state index in [1.165, 1.54) is 18.4 Å². The molecule has 0 aliphatic heterocycles. The van der Waals surface area contributed by atoms with Crippen LogP contribution in [0.1, 0.15) is 12.8 Å². The molecule has 0 saturated carbocycles. The second kappa shape index (κ2) is 8.62. The number of thiophene rings is 1. The van der Waals surface area contributed by atoms with Crippen molar-refractivity contribution in [2.24, 2.45) is 0 Å². The molecule has 154 valence electrons. The van der Waals surface area contributed by atoms with Gasteiger partial charge in [-0.15, -0.1) is 11.3 Å². The molecular formula is C18H20N4O5S2. The fourth-order valence-corrected chi connectivity index (χ4v) is 3.48. The fourth-order valence-electron chi connectivity index (χ4n) is 2.32. The molecule has 0 aliphatic carbocycles. The van der Waals surface area contributed by atoms with Crippen LogP contribution in [0.4, 0.5) is 5.69 Å². The second-order valence-corrected chi connectivity index (χ2v) is 9.15. The molecule has 2 aromatic heterocycles. The van der Waals surface area contributed by atoms with Crippen molar-refractivity contribution in [1.29, 1.82) is 0 Å². The minimum Gasteiger partial charge on any atom is -0.481 e. The largest absolute Gasteiger partial charge is 0.481 e. The lowest BCUT2D eigenvalue weighted by molar-refractivity contribution is -0.127. The Morgan fingerprint density at radius 3 is 2.66 bits per heavy atom. The van der Waals surface area contributed by atoms with Crippen LogP contribution in [0.5, 0.6) is 5.75 Å². The van der Waals surface area contributed by atoms with Gasteiger partial charge in [-0.25, -0.2) is 8.42 Å². The van der Waals surface area contributed by atoms with Crippen LogP contribution in [0, 0.1) is 0 Å². The van der Waals surface area contributed by atoms with Crippen molar-refractivity contribution in [3.63, 3.8) is 0 Å². The Balaban J connectivity index is 1.53. The third kappa shape index (κ3) is 5.33. The number of benzene rings is 1. The Hall–Kier alpha value is -2.92. The smallest absolute Gasteiger partial charge is 0.261 e. The molecule has 0 unspecified atom stereocenters. The van der Waals surface area contributed by atoms with Crippen molar-refractivity contribution in [3.05, 3.63) is 47.7 Å². The van der Waals surface area contributed by atoms with E-state index in [1.54, 1.807) is 31.2 Å². The number of nitrogens with zero attached hydrogens (tertiary/aromatic N) is 3. The number of nitrogens with one attached hydrogen (secondary N) is 1. The Morgan fingerprint density at radius 1 is 1.31 bits per heavy atom. The summed E-state index contributed by atoms with van der Waals surface area (Å²) in [5.74, 6) is 0.865. The number of aromatic nitrogens is 2. The summed E-state index contributed by atoms with van der Waals surface area (Å²) in [5, 5.41) is 8.48. The lowest BCUT2D eigenvalue weighted by atomic mass is 10.3. The van der Waals surface area contributed by atoms with E-state index in [4.69, 9.17) is 9.26 Å². The SMILES string of the molecule is C[C@@H](Oc1ccc(N(C)S(C)(=O)=O)cc1)C(=O)NCc1nc(-c2cccs2)no1. The molecule has 1 amide bonds. The van der Waals surface area contributed by atoms with Gasteiger partial charge in [0.25, 0.3) is 5.91 Å². The van der Waals surface area contributed by atoms with Crippen molar-refractivity contribution in [3.8, 4) is 16.5 Å². The molecule has 2 heterocycles. The number of carbonyl (C=O) groups excluding carboxylic acids is 1. The van der Waals surface area contributed by atoms with Crippen LogP contribution >= 0.6 is 11.3 Å². The molecule has 29 heavy (non-hydrogen) atoms. The number of carbonyl (C=O) groups is 1. The monoisotopic (exact) mass is 436 g/mol. The van der Waals surface area contributed by atoms with Crippen molar-refractivity contribution in [2.45, 2.75) is 19.6 Å². The maximum absolute atomic E-state index is 12.3. The highest BCUT2D eigenvalue weighted by Crippen LogP contribution is 2.22. The number of ether oxygens (including phenoxy) is 1. The first-order chi connectivity index (χ1) is 13.7. The van der Waals surface area contributed by atoms with Crippen LogP contribution in [0.25, 0.3) is 10.7 Å². The zero-order valence-electron chi connectivity index (χ0n) is 16.0. The van der Waals surface area contributed by atoms with Crippen LogP contribution in [-0.2, 0) is 21.4 Å². The van der Waals surface area contributed by atoms with Gasteiger partial charge in [0.05, 0.1) is 23.4 Å². The number of amides is 1. The standard InChI is InChI=1S/C18H20N4O5S2/c1-12(26-14-8-6-13(7-9-14)22(2)29(3,24)25)18(23)19-11-16-20-17(21-27-16)15-5-4-10-28-15/h4-10,12H,11H2,1-3H3,(H,19,23)/t12-/m1/s1. The molecule has 1 atom stereocenters. The topological polar surface area (TPSA) is 115 Å². The van der Waals surface area contributed by atoms with E-state index in [1.807, 2.05) is 17.5 Å². The van der Waals surface area contributed by atoms with Crippen molar-refractivity contribution in [2.75, 3.05) is 17.6 Å². The van der Waals surface area contributed by atoms with Gasteiger partial charge in [-0.1, -0.05) is 11.2 Å². The van der Waals surface area contributed by atoms with Gasteiger partial charge in [0, 0.05) is 7.05 Å². The fraction of sp³-hybridized carbons (Fsp3) is 0.278. The lowest BCUT2D eigenvalue weighted by Crippen LogP contribution is -2.36. The van der Waals surface area contributed by atoms with Gasteiger partial charge in [-0.2, -0.15) is 4.98 Å². The van der Waals surface area contributed by atoms with Gasteiger partial charge < -0.3 is 14.6 Å². The summed E-state index contributed by atoms with van der Waals surface area (Å²) in [7, 11) is -1.88. The highest BCUT2D eigenvalue weighted by atomic mass is 32.2. The van der Waals surface area contributed by atoms with Gasteiger partial charge in [0.2, 0.25) is 21.7 Å². The first-order valence-electron chi connectivity index (χ1n) is 8.59. The van der Waals surface area contributed by atoms with E-state index in [9.17, 15) is 13.2 Å². The Labute approximate surface area is 172 Å². The van der Waals surface area contributed by atoms with E-state index < -0.39 is 16.1 Å². The van der Waals surface area contributed by atoms with Crippen LogP contribution in [0.15, 0.2) is 46.3 Å². The number of rotatable bonds is 8. The summed E-state index contributed by atoms with van der Waals surface area (Å²) in [6.07, 6.45) is 0.351. The number of hydrogen-bond donors (Lipinski definition) is 1. The lowest BCUT2D eigenvalue weighted by Gasteiger charge is -2.18. The van der Waals surface area contributed by atoms with Gasteiger partial charge in [0.1, 0.15) is 5.75 Å². The highest BCUT2D eigenvalue weighted by molar-refractivity contribution is 7.92. The van der Waals surface area contributed by atoms with Gasteiger partial charge >= 0.3 is 0 Å². The third-order valence-electron chi connectivity index (χ3n) is 4.00. The quantitative estimate of drug-likeness (QED) is 0.576. The van der Waals surface area contributed by atoms with E-state index in [0.717, 1.165) is 15.4 Å².